The topological polar surface area (TPSA) is 42.4 Å². The molecule has 1 heterocycles. The van der Waals surface area contributed by atoms with Crippen LogP contribution in [-0.2, 0) is 13.2 Å². The molecule has 0 unspecified atom stereocenters. The van der Waals surface area contributed by atoms with E-state index in [1.54, 1.807) is 18.2 Å². The van der Waals surface area contributed by atoms with Gasteiger partial charge < -0.3 is 9.84 Å². The van der Waals surface area contributed by atoms with E-state index in [1.165, 1.54) is 12.1 Å². The van der Waals surface area contributed by atoms with Crippen LogP contribution in [-0.4, -0.2) is 10.1 Å². The third-order valence-electron chi connectivity index (χ3n) is 2.53. The van der Waals surface area contributed by atoms with Gasteiger partial charge in [-0.15, -0.1) is 0 Å². The Kier molecular flexibility index (Phi) is 3.89. The fraction of sp³-hybridized carbons (Fsp3) is 0.214. The van der Waals surface area contributed by atoms with Gasteiger partial charge in [-0.05, 0) is 36.8 Å². The number of pyridine rings is 1. The maximum absolute atomic E-state index is 12.7. The van der Waals surface area contributed by atoms with Crippen molar-refractivity contribution in [1.82, 2.24) is 4.98 Å². The molecule has 0 aliphatic rings. The van der Waals surface area contributed by atoms with E-state index in [4.69, 9.17) is 4.74 Å². The monoisotopic (exact) mass is 247 g/mol. The van der Waals surface area contributed by atoms with Gasteiger partial charge in [0, 0.05) is 5.69 Å². The summed E-state index contributed by atoms with van der Waals surface area (Å²) in [7, 11) is 0. The summed E-state index contributed by atoms with van der Waals surface area (Å²) in [6, 6.07) is 9.69. The Labute approximate surface area is 105 Å². The highest BCUT2D eigenvalue weighted by molar-refractivity contribution is 5.29. The SMILES string of the molecule is Cc1ccc(OCc2ccc(F)cc2)c(CO)n1. The second-order valence-corrected chi connectivity index (χ2v) is 3.97. The number of aryl methyl sites for hydroxylation is 1. The van der Waals surface area contributed by atoms with Crippen LogP contribution in [0.5, 0.6) is 5.75 Å². The minimum absolute atomic E-state index is 0.166. The van der Waals surface area contributed by atoms with E-state index in [9.17, 15) is 9.50 Å². The largest absolute Gasteiger partial charge is 0.487 e. The molecule has 0 aliphatic carbocycles. The minimum Gasteiger partial charge on any atom is -0.487 e. The quantitative estimate of drug-likeness (QED) is 0.903. The fourth-order valence-corrected chi connectivity index (χ4v) is 1.58. The second kappa shape index (κ2) is 5.60. The van der Waals surface area contributed by atoms with Gasteiger partial charge in [-0.1, -0.05) is 12.1 Å². The average molecular weight is 247 g/mol. The van der Waals surface area contributed by atoms with Crippen molar-refractivity contribution in [2.45, 2.75) is 20.1 Å². The highest BCUT2D eigenvalue weighted by atomic mass is 19.1. The van der Waals surface area contributed by atoms with Crippen molar-refractivity contribution in [2.24, 2.45) is 0 Å². The lowest BCUT2D eigenvalue weighted by molar-refractivity contribution is 0.253. The number of ether oxygens (including phenoxy) is 1. The van der Waals surface area contributed by atoms with Crippen molar-refractivity contribution in [3.05, 3.63) is 59.2 Å². The summed E-state index contributed by atoms with van der Waals surface area (Å²) in [6.45, 7) is 2.00. The van der Waals surface area contributed by atoms with Gasteiger partial charge in [-0.25, -0.2) is 4.39 Å². The molecule has 1 N–H and O–H groups in total. The zero-order chi connectivity index (χ0) is 13.0. The number of rotatable bonds is 4. The van der Waals surface area contributed by atoms with Gasteiger partial charge in [-0.2, -0.15) is 0 Å². The molecular weight excluding hydrogens is 233 g/mol. The predicted octanol–water partition coefficient (Wildman–Crippen LogP) is 2.60. The van der Waals surface area contributed by atoms with E-state index in [0.717, 1.165) is 11.3 Å². The molecule has 2 aromatic rings. The van der Waals surface area contributed by atoms with Crippen LogP contribution < -0.4 is 4.74 Å². The molecule has 0 radical (unpaired) electrons. The van der Waals surface area contributed by atoms with Crippen molar-refractivity contribution in [1.29, 1.82) is 0 Å². The van der Waals surface area contributed by atoms with Gasteiger partial charge in [0.2, 0.25) is 0 Å². The van der Waals surface area contributed by atoms with Crippen LogP contribution in [0.25, 0.3) is 0 Å². The first-order valence-corrected chi connectivity index (χ1v) is 5.63. The Morgan fingerprint density at radius 3 is 2.56 bits per heavy atom. The molecule has 0 bridgehead atoms. The molecule has 0 spiro atoms. The molecule has 3 nitrogen and oxygen atoms in total. The molecule has 0 atom stereocenters. The van der Waals surface area contributed by atoms with Gasteiger partial charge in [-0.3, -0.25) is 4.98 Å². The summed E-state index contributed by atoms with van der Waals surface area (Å²) >= 11 is 0. The molecule has 2 rings (SSSR count). The Morgan fingerprint density at radius 2 is 1.89 bits per heavy atom. The Bertz CT molecular complexity index is 526. The third-order valence-corrected chi connectivity index (χ3v) is 2.53. The lowest BCUT2D eigenvalue weighted by Gasteiger charge is -2.10. The van der Waals surface area contributed by atoms with E-state index in [1.807, 2.05) is 13.0 Å². The van der Waals surface area contributed by atoms with Gasteiger partial charge in [0.05, 0.1) is 6.61 Å². The van der Waals surface area contributed by atoms with Crippen LogP contribution in [0.4, 0.5) is 4.39 Å². The maximum Gasteiger partial charge on any atom is 0.143 e. The van der Waals surface area contributed by atoms with E-state index in [-0.39, 0.29) is 12.4 Å². The maximum atomic E-state index is 12.7. The van der Waals surface area contributed by atoms with Crippen LogP contribution >= 0.6 is 0 Å². The van der Waals surface area contributed by atoms with Crippen LogP contribution in [0.3, 0.4) is 0 Å². The third kappa shape index (κ3) is 3.05. The number of benzene rings is 1. The van der Waals surface area contributed by atoms with E-state index < -0.39 is 0 Å². The molecule has 0 saturated carbocycles. The number of hydrogen-bond acceptors (Lipinski definition) is 3. The Balaban J connectivity index is 2.08. The summed E-state index contributed by atoms with van der Waals surface area (Å²) < 4.78 is 18.3. The second-order valence-electron chi connectivity index (χ2n) is 3.97. The van der Waals surface area contributed by atoms with Crippen LogP contribution in [0, 0.1) is 12.7 Å². The minimum atomic E-state index is -0.271. The van der Waals surface area contributed by atoms with Crippen LogP contribution in [0.15, 0.2) is 36.4 Å². The standard InChI is InChI=1S/C14H14FNO2/c1-10-2-7-14(13(8-17)16-10)18-9-11-3-5-12(15)6-4-11/h2-7,17H,8-9H2,1H3. The zero-order valence-corrected chi connectivity index (χ0v) is 10.1. The van der Waals surface area contributed by atoms with Gasteiger partial charge in [0.1, 0.15) is 23.9 Å². The molecule has 1 aromatic heterocycles. The molecule has 18 heavy (non-hydrogen) atoms. The Hall–Kier alpha value is -1.94. The number of halogens is 1. The average Bonchev–Trinajstić information content (AvgIpc) is 2.39. The molecule has 0 amide bonds. The first kappa shape index (κ1) is 12.5. The first-order chi connectivity index (χ1) is 8.69. The summed E-state index contributed by atoms with van der Waals surface area (Å²) in [5.41, 5.74) is 2.20. The van der Waals surface area contributed by atoms with Crippen molar-refractivity contribution in [2.75, 3.05) is 0 Å². The molecule has 0 aliphatic heterocycles. The number of aliphatic hydroxyl groups is 1. The molecule has 0 saturated heterocycles. The summed E-state index contributed by atoms with van der Waals surface area (Å²) in [5.74, 6) is 0.277. The number of nitrogens with zero attached hydrogens (tertiary/aromatic N) is 1. The highest BCUT2D eigenvalue weighted by Gasteiger charge is 2.05. The number of aromatic nitrogens is 1. The van der Waals surface area contributed by atoms with E-state index in [2.05, 4.69) is 4.98 Å². The van der Waals surface area contributed by atoms with Crippen molar-refractivity contribution < 1.29 is 14.2 Å². The predicted molar refractivity (Wildman–Crippen MR) is 65.6 cm³/mol. The molecular formula is C14H14FNO2. The number of aliphatic hydroxyl groups excluding tert-OH is 1. The van der Waals surface area contributed by atoms with Crippen molar-refractivity contribution >= 4 is 0 Å². The van der Waals surface area contributed by atoms with Gasteiger partial charge in [0.15, 0.2) is 0 Å². The lowest BCUT2D eigenvalue weighted by Crippen LogP contribution is -2.01. The van der Waals surface area contributed by atoms with E-state index >= 15 is 0 Å². The molecule has 1 aromatic carbocycles. The summed E-state index contributed by atoms with van der Waals surface area (Å²) in [5, 5.41) is 9.18. The highest BCUT2D eigenvalue weighted by Crippen LogP contribution is 2.18. The fourth-order valence-electron chi connectivity index (χ4n) is 1.58. The van der Waals surface area contributed by atoms with Crippen LogP contribution in [0.1, 0.15) is 17.0 Å². The van der Waals surface area contributed by atoms with Crippen LogP contribution in [0.2, 0.25) is 0 Å². The number of hydrogen-bond donors (Lipinski definition) is 1. The summed E-state index contributed by atoms with van der Waals surface area (Å²) in [4.78, 5) is 4.18. The molecule has 4 heteroatoms. The van der Waals surface area contributed by atoms with Gasteiger partial charge >= 0.3 is 0 Å². The lowest BCUT2D eigenvalue weighted by atomic mass is 10.2. The Morgan fingerprint density at radius 1 is 1.17 bits per heavy atom. The van der Waals surface area contributed by atoms with E-state index in [0.29, 0.717) is 18.1 Å². The molecule has 0 fully saturated rings. The zero-order valence-electron chi connectivity index (χ0n) is 10.1. The summed E-state index contributed by atoms with van der Waals surface area (Å²) in [6.07, 6.45) is 0. The first-order valence-electron chi connectivity index (χ1n) is 5.63. The van der Waals surface area contributed by atoms with Gasteiger partial charge in [0.25, 0.3) is 0 Å². The van der Waals surface area contributed by atoms with Crippen molar-refractivity contribution in [3.63, 3.8) is 0 Å². The normalized spacial score (nSPS) is 10.4. The van der Waals surface area contributed by atoms with Crippen molar-refractivity contribution in [3.8, 4) is 5.75 Å². The molecule has 94 valence electrons. The smallest absolute Gasteiger partial charge is 0.143 e.